The minimum absolute atomic E-state index is 0.332. The summed E-state index contributed by atoms with van der Waals surface area (Å²) in [7, 11) is 0. The molecule has 1 aliphatic rings. The molecule has 0 aliphatic carbocycles. The zero-order valence-electron chi connectivity index (χ0n) is 16.0. The number of nitrogens with one attached hydrogen (secondary N) is 1. The van der Waals surface area contributed by atoms with E-state index in [-0.39, 0.29) is 17.7 Å². The fourth-order valence-electron chi connectivity index (χ4n) is 3.63. The van der Waals surface area contributed by atoms with E-state index in [1.807, 2.05) is 6.07 Å². The highest BCUT2D eigenvalue weighted by Crippen LogP contribution is 2.29. The predicted octanol–water partition coefficient (Wildman–Crippen LogP) is 4.94. The van der Waals surface area contributed by atoms with Gasteiger partial charge in [-0.25, -0.2) is 4.90 Å². The molecule has 2 heterocycles. The first-order chi connectivity index (χ1) is 15.0. The maximum absolute atomic E-state index is 12.8. The summed E-state index contributed by atoms with van der Waals surface area (Å²) in [4.78, 5) is 43.4. The van der Waals surface area contributed by atoms with E-state index in [0.29, 0.717) is 38.6 Å². The van der Waals surface area contributed by atoms with Crippen LogP contribution in [0.15, 0.2) is 79.0 Å². The van der Waals surface area contributed by atoms with Gasteiger partial charge in [-0.1, -0.05) is 35.9 Å². The molecule has 6 nitrogen and oxygen atoms in total. The Kier molecular flexibility index (Phi) is 4.49. The highest BCUT2D eigenvalue weighted by Gasteiger charge is 2.36. The minimum atomic E-state index is -0.377. The lowest BCUT2D eigenvalue weighted by Gasteiger charge is -2.14. The Bertz CT molecular complexity index is 1350. The van der Waals surface area contributed by atoms with E-state index in [0.717, 1.165) is 10.3 Å². The molecule has 0 saturated carbocycles. The first kappa shape index (κ1) is 19.0. The highest BCUT2D eigenvalue weighted by molar-refractivity contribution is 6.35. The number of para-hydroxylation sites is 1. The Balaban J connectivity index is 1.40. The zero-order chi connectivity index (χ0) is 21.5. The summed E-state index contributed by atoms with van der Waals surface area (Å²) in [5, 5.41) is 4.09. The van der Waals surface area contributed by atoms with Gasteiger partial charge in [0.2, 0.25) is 0 Å². The van der Waals surface area contributed by atoms with Crippen LogP contribution in [-0.2, 0) is 0 Å². The van der Waals surface area contributed by atoms with E-state index in [2.05, 4.69) is 10.3 Å². The molecule has 0 spiro atoms. The molecule has 31 heavy (non-hydrogen) atoms. The number of halogens is 1. The molecular formula is C24H14ClN3O3. The van der Waals surface area contributed by atoms with E-state index >= 15 is 0 Å². The molecular weight excluding hydrogens is 414 g/mol. The van der Waals surface area contributed by atoms with E-state index in [4.69, 9.17) is 11.6 Å². The third-order valence-corrected chi connectivity index (χ3v) is 5.46. The van der Waals surface area contributed by atoms with Crippen LogP contribution in [0.2, 0.25) is 5.02 Å². The predicted molar refractivity (Wildman–Crippen MR) is 119 cm³/mol. The number of aromatic nitrogens is 1. The van der Waals surface area contributed by atoms with Crippen molar-refractivity contribution in [2.45, 2.75) is 0 Å². The van der Waals surface area contributed by atoms with Crippen molar-refractivity contribution in [3.05, 3.63) is 101 Å². The Morgan fingerprint density at radius 1 is 0.839 bits per heavy atom. The molecule has 1 aromatic heterocycles. The number of pyridine rings is 1. The van der Waals surface area contributed by atoms with Gasteiger partial charge >= 0.3 is 0 Å². The molecule has 1 N–H and O–H groups in total. The Morgan fingerprint density at radius 2 is 1.52 bits per heavy atom. The van der Waals surface area contributed by atoms with Crippen molar-refractivity contribution in [2.24, 2.45) is 0 Å². The molecule has 150 valence electrons. The summed E-state index contributed by atoms with van der Waals surface area (Å²) >= 11 is 6.18. The number of rotatable bonds is 3. The number of hydrogen-bond acceptors (Lipinski definition) is 4. The molecule has 0 radical (unpaired) electrons. The van der Waals surface area contributed by atoms with E-state index in [1.165, 1.54) is 0 Å². The average molecular weight is 428 g/mol. The number of amides is 3. The zero-order valence-corrected chi connectivity index (χ0v) is 16.8. The summed E-state index contributed by atoms with van der Waals surface area (Å²) in [6.07, 6.45) is 1.58. The standard InChI is InChI=1S/C24H14ClN3O3/c25-19-7-3-6-18-20(12-13-26-21(18)19)27-22(29)14-8-10-15(11-9-14)28-23(30)16-4-1-2-5-17(16)24(28)31/h1-13H,(H,26,27,29). The molecule has 5 rings (SSSR count). The molecule has 0 saturated heterocycles. The number of carbonyl (C=O) groups excluding carboxylic acids is 3. The quantitative estimate of drug-likeness (QED) is 0.469. The number of nitrogens with zero attached hydrogens (tertiary/aromatic N) is 2. The van der Waals surface area contributed by atoms with Gasteiger partial charge in [0, 0.05) is 17.1 Å². The molecule has 0 atom stereocenters. The van der Waals surface area contributed by atoms with Crippen molar-refractivity contribution < 1.29 is 14.4 Å². The van der Waals surface area contributed by atoms with Gasteiger partial charge < -0.3 is 5.32 Å². The first-order valence-corrected chi connectivity index (χ1v) is 9.85. The summed E-state index contributed by atoms with van der Waals surface area (Å²) in [6, 6.07) is 20.1. The molecule has 0 bridgehead atoms. The van der Waals surface area contributed by atoms with Crippen molar-refractivity contribution in [3.8, 4) is 0 Å². The van der Waals surface area contributed by atoms with Gasteiger partial charge in [0.1, 0.15) is 0 Å². The lowest BCUT2D eigenvalue weighted by atomic mass is 10.1. The van der Waals surface area contributed by atoms with E-state index in [9.17, 15) is 14.4 Å². The minimum Gasteiger partial charge on any atom is -0.321 e. The van der Waals surface area contributed by atoms with E-state index < -0.39 is 0 Å². The summed E-state index contributed by atoms with van der Waals surface area (Å²) < 4.78 is 0. The number of imide groups is 1. The number of carbonyl (C=O) groups is 3. The SMILES string of the molecule is O=C(Nc1ccnc2c(Cl)cccc12)c1ccc(N2C(=O)c3ccccc3C2=O)cc1. The van der Waals surface area contributed by atoms with Crippen LogP contribution < -0.4 is 10.2 Å². The summed E-state index contributed by atoms with van der Waals surface area (Å²) in [5.41, 5.74) is 2.72. The van der Waals surface area contributed by atoms with E-state index in [1.54, 1.807) is 72.9 Å². The number of benzene rings is 3. The Hall–Kier alpha value is -4.03. The fourth-order valence-corrected chi connectivity index (χ4v) is 3.85. The Labute approximate surface area is 182 Å². The topological polar surface area (TPSA) is 79.4 Å². The molecule has 3 amide bonds. The monoisotopic (exact) mass is 427 g/mol. The largest absolute Gasteiger partial charge is 0.321 e. The molecule has 0 fully saturated rings. The number of hydrogen-bond donors (Lipinski definition) is 1. The lowest BCUT2D eigenvalue weighted by Crippen LogP contribution is -2.29. The molecule has 0 unspecified atom stereocenters. The van der Waals surface area contributed by atoms with Crippen LogP contribution in [0.3, 0.4) is 0 Å². The number of fused-ring (bicyclic) bond motifs is 2. The van der Waals surface area contributed by atoms with Crippen molar-refractivity contribution in [1.82, 2.24) is 4.98 Å². The van der Waals surface area contributed by atoms with Gasteiger partial charge in [-0.2, -0.15) is 0 Å². The smallest absolute Gasteiger partial charge is 0.266 e. The average Bonchev–Trinajstić information content (AvgIpc) is 3.05. The second-order valence-electron chi connectivity index (χ2n) is 6.99. The molecule has 3 aromatic carbocycles. The van der Waals surface area contributed by atoms with Crippen LogP contribution in [0.5, 0.6) is 0 Å². The van der Waals surface area contributed by atoms with Crippen molar-refractivity contribution in [1.29, 1.82) is 0 Å². The molecule has 7 heteroatoms. The van der Waals surface area contributed by atoms with Gasteiger partial charge in [0.05, 0.1) is 33.0 Å². The van der Waals surface area contributed by atoms with Gasteiger partial charge in [0.25, 0.3) is 17.7 Å². The second-order valence-corrected chi connectivity index (χ2v) is 7.39. The third-order valence-electron chi connectivity index (χ3n) is 5.15. The van der Waals surface area contributed by atoms with Crippen molar-refractivity contribution in [3.63, 3.8) is 0 Å². The molecule has 1 aliphatic heterocycles. The van der Waals surface area contributed by atoms with Gasteiger partial charge in [-0.05, 0) is 48.5 Å². The van der Waals surface area contributed by atoms with Crippen LogP contribution >= 0.6 is 11.6 Å². The first-order valence-electron chi connectivity index (χ1n) is 9.47. The number of anilines is 2. The van der Waals surface area contributed by atoms with Gasteiger partial charge in [-0.15, -0.1) is 0 Å². The van der Waals surface area contributed by atoms with Crippen LogP contribution in [0.4, 0.5) is 11.4 Å². The molecule has 4 aromatic rings. The Morgan fingerprint density at radius 3 is 2.19 bits per heavy atom. The van der Waals surface area contributed by atoms with Gasteiger partial charge in [-0.3, -0.25) is 19.4 Å². The maximum atomic E-state index is 12.8. The van der Waals surface area contributed by atoms with Crippen LogP contribution in [0.25, 0.3) is 10.9 Å². The van der Waals surface area contributed by atoms with Crippen LogP contribution in [0.1, 0.15) is 31.1 Å². The highest BCUT2D eigenvalue weighted by atomic mass is 35.5. The van der Waals surface area contributed by atoms with Crippen LogP contribution in [-0.4, -0.2) is 22.7 Å². The van der Waals surface area contributed by atoms with Crippen molar-refractivity contribution >= 4 is 51.6 Å². The fraction of sp³-hybridized carbons (Fsp3) is 0. The van der Waals surface area contributed by atoms with Gasteiger partial charge in [0.15, 0.2) is 0 Å². The third kappa shape index (κ3) is 3.14. The second kappa shape index (κ2) is 7.34. The normalized spacial score (nSPS) is 12.9. The lowest BCUT2D eigenvalue weighted by molar-refractivity contribution is 0.0925. The summed E-state index contributed by atoms with van der Waals surface area (Å²) in [6.45, 7) is 0. The summed E-state index contributed by atoms with van der Waals surface area (Å²) in [5.74, 6) is -1.09. The van der Waals surface area contributed by atoms with Crippen molar-refractivity contribution in [2.75, 3.05) is 10.2 Å². The van der Waals surface area contributed by atoms with Crippen LogP contribution in [0, 0.1) is 0 Å². The maximum Gasteiger partial charge on any atom is 0.266 e.